The lowest BCUT2D eigenvalue weighted by atomic mass is 9.79. The summed E-state index contributed by atoms with van der Waals surface area (Å²) in [5.74, 6) is 0.621. The lowest BCUT2D eigenvalue weighted by molar-refractivity contribution is 0.0218. The fourth-order valence-corrected chi connectivity index (χ4v) is 4.91. The van der Waals surface area contributed by atoms with Crippen LogP contribution in [0.5, 0.6) is 0 Å². The third kappa shape index (κ3) is 2.74. The molecule has 1 amide bonds. The highest BCUT2D eigenvalue weighted by atomic mass is 32.1. The molecular weight excluding hydrogens is 320 g/mol. The SMILES string of the molecule is Cc1nc(-c2ccccn2)sc1C(=O)N[C@@H]1C2CCN(CC2)[C@@H]1C. The summed E-state index contributed by atoms with van der Waals surface area (Å²) in [4.78, 5) is 24.9. The lowest BCUT2D eigenvalue weighted by Gasteiger charge is -2.49. The van der Waals surface area contributed by atoms with Crippen molar-refractivity contribution in [1.82, 2.24) is 20.2 Å². The van der Waals surface area contributed by atoms with Gasteiger partial charge in [-0.15, -0.1) is 11.3 Å². The number of amides is 1. The van der Waals surface area contributed by atoms with Crippen molar-refractivity contribution in [3.8, 4) is 10.7 Å². The fraction of sp³-hybridized carbons (Fsp3) is 0.500. The Morgan fingerprint density at radius 2 is 2.12 bits per heavy atom. The molecule has 5 nitrogen and oxygen atoms in total. The van der Waals surface area contributed by atoms with E-state index >= 15 is 0 Å². The van der Waals surface area contributed by atoms with E-state index in [4.69, 9.17) is 0 Å². The first-order valence-corrected chi connectivity index (χ1v) is 9.39. The van der Waals surface area contributed by atoms with Gasteiger partial charge >= 0.3 is 0 Å². The number of rotatable bonds is 3. The van der Waals surface area contributed by atoms with Crippen molar-refractivity contribution >= 4 is 17.2 Å². The fourth-order valence-electron chi connectivity index (χ4n) is 3.97. The van der Waals surface area contributed by atoms with Crippen LogP contribution >= 0.6 is 11.3 Å². The van der Waals surface area contributed by atoms with Gasteiger partial charge in [0, 0.05) is 18.3 Å². The first-order valence-electron chi connectivity index (χ1n) is 8.57. The number of nitrogens with one attached hydrogen (secondary N) is 1. The van der Waals surface area contributed by atoms with E-state index in [0.717, 1.165) is 16.4 Å². The van der Waals surface area contributed by atoms with Gasteiger partial charge in [0.15, 0.2) is 0 Å². The monoisotopic (exact) mass is 342 g/mol. The number of carbonyl (C=O) groups is 1. The average Bonchev–Trinajstić information content (AvgIpc) is 3.01. The minimum absolute atomic E-state index is 0.0118. The van der Waals surface area contributed by atoms with Crippen LogP contribution in [0, 0.1) is 12.8 Å². The van der Waals surface area contributed by atoms with Crippen molar-refractivity contribution in [3.63, 3.8) is 0 Å². The molecule has 24 heavy (non-hydrogen) atoms. The maximum Gasteiger partial charge on any atom is 0.263 e. The number of hydrogen-bond donors (Lipinski definition) is 1. The number of aromatic nitrogens is 2. The molecule has 0 aliphatic carbocycles. The zero-order chi connectivity index (χ0) is 16.7. The number of pyridine rings is 1. The molecular formula is C18H22N4OS. The van der Waals surface area contributed by atoms with Gasteiger partial charge in [-0.25, -0.2) is 4.98 Å². The van der Waals surface area contributed by atoms with Crippen molar-refractivity contribution in [1.29, 1.82) is 0 Å². The predicted molar refractivity (Wildman–Crippen MR) is 95.1 cm³/mol. The van der Waals surface area contributed by atoms with E-state index in [1.54, 1.807) is 6.20 Å². The number of fused-ring (bicyclic) bond motifs is 3. The van der Waals surface area contributed by atoms with Gasteiger partial charge in [0.05, 0.1) is 11.4 Å². The van der Waals surface area contributed by atoms with Crippen LogP contribution in [0.25, 0.3) is 10.7 Å². The van der Waals surface area contributed by atoms with E-state index in [2.05, 4.69) is 27.1 Å². The molecule has 3 aliphatic heterocycles. The molecule has 3 fully saturated rings. The van der Waals surface area contributed by atoms with E-state index < -0.39 is 0 Å². The molecule has 0 aromatic carbocycles. The number of nitrogens with zero attached hydrogens (tertiary/aromatic N) is 3. The minimum Gasteiger partial charge on any atom is -0.347 e. The van der Waals surface area contributed by atoms with E-state index in [1.807, 2.05) is 25.1 Å². The van der Waals surface area contributed by atoms with Gasteiger partial charge in [0.25, 0.3) is 5.91 Å². The van der Waals surface area contributed by atoms with Crippen LogP contribution in [-0.4, -0.2) is 45.9 Å². The largest absolute Gasteiger partial charge is 0.347 e. The Labute approximate surface area is 146 Å². The van der Waals surface area contributed by atoms with Gasteiger partial charge in [0.2, 0.25) is 0 Å². The van der Waals surface area contributed by atoms with Crippen LogP contribution < -0.4 is 5.32 Å². The molecule has 2 atom stereocenters. The number of aryl methyl sites for hydroxylation is 1. The van der Waals surface area contributed by atoms with Crippen LogP contribution in [0.3, 0.4) is 0 Å². The van der Waals surface area contributed by atoms with E-state index in [9.17, 15) is 4.79 Å². The van der Waals surface area contributed by atoms with Gasteiger partial charge in [0.1, 0.15) is 9.88 Å². The summed E-state index contributed by atoms with van der Waals surface area (Å²) in [5, 5.41) is 4.10. The summed E-state index contributed by atoms with van der Waals surface area (Å²) >= 11 is 1.43. The van der Waals surface area contributed by atoms with Gasteiger partial charge in [-0.1, -0.05) is 6.07 Å². The molecule has 6 heteroatoms. The standard InChI is InChI=1S/C18H22N4OS/c1-11-16(24-18(20-11)14-5-3-4-8-19-14)17(23)21-15-12(2)22-9-6-13(15)7-10-22/h3-5,8,12-13,15H,6-7,9-10H2,1-2H3,(H,21,23)/t12-,15+/m1/s1. The highest BCUT2D eigenvalue weighted by molar-refractivity contribution is 7.17. The smallest absolute Gasteiger partial charge is 0.263 e. The Balaban J connectivity index is 1.54. The maximum atomic E-state index is 12.8. The molecule has 5 rings (SSSR count). The van der Waals surface area contributed by atoms with Crippen LogP contribution in [0.15, 0.2) is 24.4 Å². The number of carbonyl (C=O) groups excluding carboxylic acids is 1. The van der Waals surface area contributed by atoms with Crippen LogP contribution in [0.2, 0.25) is 0 Å². The van der Waals surface area contributed by atoms with Gasteiger partial charge in [-0.3, -0.25) is 14.7 Å². The molecule has 3 saturated heterocycles. The Kier molecular flexibility index (Phi) is 4.10. The molecule has 5 heterocycles. The van der Waals surface area contributed by atoms with Crippen molar-refractivity contribution < 1.29 is 4.79 Å². The highest BCUT2D eigenvalue weighted by Gasteiger charge is 2.40. The Bertz CT molecular complexity index is 735. The normalized spacial score (nSPS) is 28.8. The lowest BCUT2D eigenvalue weighted by Crippen LogP contribution is -2.62. The van der Waals surface area contributed by atoms with Crippen LogP contribution in [-0.2, 0) is 0 Å². The zero-order valence-electron chi connectivity index (χ0n) is 14.0. The number of hydrogen-bond acceptors (Lipinski definition) is 5. The summed E-state index contributed by atoms with van der Waals surface area (Å²) in [6.07, 6.45) is 4.13. The van der Waals surface area contributed by atoms with E-state index in [-0.39, 0.29) is 11.9 Å². The second-order valence-electron chi connectivity index (χ2n) is 6.76. The van der Waals surface area contributed by atoms with E-state index in [0.29, 0.717) is 16.8 Å². The van der Waals surface area contributed by atoms with Crippen molar-refractivity contribution in [3.05, 3.63) is 35.0 Å². The molecule has 126 valence electrons. The quantitative estimate of drug-likeness (QED) is 0.932. The third-order valence-corrected chi connectivity index (χ3v) is 6.54. The first kappa shape index (κ1) is 15.7. The van der Waals surface area contributed by atoms with Gasteiger partial charge in [-0.2, -0.15) is 0 Å². The maximum absolute atomic E-state index is 12.8. The Morgan fingerprint density at radius 1 is 1.33 bits per heavy atom. The number of piperidine rings is 3. The summed E-state index contributed by atoms with van der Waals surface area (Å²) in [6.45, 7) is 6.47. The van der Waals surface area contributed by atoms with Crippen LogP contribution in [0.1, 0.15) is 35.1 Å². The molecule has 0 spiro atoms. The molecule has 2 aromatic heterocycles. The second kappa shape index (κ2) is 6.26. The predicted octanol–water partition coefficient (Wildman–Crippen LogP) is 2.73. The van der Waals surface area contributed by atoms with Crippen molar-refractivity contribution in [2.45, 2.75) is 38.8 Å². The Hall–Kier alpha value is -1.79. The highest BCUT2D eigenvalue weighted by Crippen LogP contribution is 2.33. The van der Waals surface area contributed by atoms with Gasteiger partial charge < -0.3 is 5.32 Å². The van der Waals surface area contributed by atoms with Crippen molar-refractivity contribution in [2.75, 3.05) is 13.1 Å². The second-order valence-corrected chi connectivity index (χ2v) is 7.76. The Morgan fingerprint density at radius 3 is 2.79 bits per heavy atom. The molecule has 0 saturated carbocycles. The summed E-state index contributed by atoms with van der Waals surface area (Å²) in [6, 6.07) is 6.42. The summed E-state index contributed by atoms with van der Waals surface area (Å²) < 4.78 is 0. The summed E-state index contributed by atoms with van der Waals surface area (Å²) in [5.41, 5.74) is 1.60. The summed E-state index contributed by atoms with van der Waals surface area (Å²) in [7, 11) is 0. The zero-order valence-corrected chi connectivity index (χ0v) is 14.8. The van der Waals surface area contributed by atoms with Crippen LogP contribution in [0.4, 0.5) is 0 Å². The molecule has 0 radical (unpaired) electrons. The molecule has 2 aromatic rings. The third-order valence-electron chi connectivity index (χ3n) is 5.36. The molecule has 3 aliphatic rings. The molecule has 0 unspecified atom stereocenters. The number of thiazole rings is 1. The molecule has 2 bridgehead atoms. The van der Waals surface area contributed by atoms with E-state index in [1.165, 1.54) is 37.3 Å². The van der Waals surface area contributed by atoms with Crippen molar-refractivity contribution in [2.24, 2.45) is 5.92 Å². The first-order chi connectivity index (χ1) is 11.6. The molecule has 1 N–H and O–H groups in total. The minimum atomic E-state index is 0.0118. The average molecular weight is 342 g/mol. The van der Waals surface area contributed by atoms with Gasteiger partial charge in [-0.05, 0) is 57.8 Å². The topological polar surface area (TPSA) is 58.1 Å².